The topological polar surface area (TPSA) is 57.7 Å². The van der Waals surface area contributed by atoms with Crippen molar-refractivity contribution in [3.63, 3.8) is 0 Å². The third-order valence-electron chi connectivity index (χ3n) is 4.17. The van der Waals surface area contributed by atoms with E-state index < -0.39 is 10.0 Å². The molecule has 1 aliphatic rings. The molecule has 0 atom stereocenters. The highest BCUT2D eigenvalue weighted by atomic mass is 32.2. The summed E-state index contributed by atoms with van der Waals surface area (Å²) >= 11 is 4.33. The van der Waals surface area contributed by atoms with Gasteiger partial charge in [0.1, 0.15) is 0 Å². The maximum atomic E-state index is 13.0. The molecule has 0 fully saturated rings. The number of amides is 1. The molecule has 24 heavy (non-hydrogen) atoms. The molecular formula is C17H18N2O3S2. The Kier molecular flexibility index (Phi) is 4.31. The van der Waals surface area contributed by atoms with Crippen molar-refractivity contribution in [2.45, 2.75) is 11.3 Å². The zero-order chi connectivity index (χ0) is 17.5. The Balaban J connectivity index is 2.02. The Morgan fingerprint density at radius 1 is 1.21 bits per heavy atom. The quantitative estimate of drug-likeness (QED) is 0.854. The molecule has 0 unspecified atom stereocenters. The Bertz CT molecular complexity index is 910. The zero-order valence-corrected chi connectivity index (χ0v) is 15.1. The van der Waals surface area contributed by atoms with Gasteiger partial charge in [0.25, 0.3) is 5.91 Å². The number of nitrogens with zero attached hydrogens (tertiary/aromatic N) is 2. The van der Waals surface area contributed by atoms with Crippen LogP contribution in [0.15, 0.2) is 47.4 Å². The van der Waals surface area contributed by atoms with Gasteiger partial charge in [-0.05, 0) is 42.3 Å². The minimum Gasteiger partial charge on any atom is -0.308 e. The number of carbonyl (C=O) groups is 1. The highest BCUT2D eigenvalue weighted by Crippen LogP contribution is 2.33. The maximum Gasteiger partial charge on any atom is 0.260 e. The van der Waals surface area contributed by atoms with Gasteiger partial charge in [0, 0.05) is 24.2 Å². The first-order valence-electron chi connectivity index (χ1n) is 7.46. The number of hydrogen-bond acceptors (Lipinski definition) is 4. The molecule has 2 aromatic rings. The summed E-state index contributed by atoms with van der Waals surface area (Å²) in [5.74, 6) is -0.202. The van der Waals surface area contributed by atoms with Gasteiger partial charge in [-0.2, -0.15) is 0 Å². The van der Waals surface area contributed by atoms with Crippen LogP contribution in [-0.2, 0) is 16.4 Å². The monoisotopic (exact) mass is 362 g/mol. The number of rotatable bonds is 3. The van der Waals surface area contributed by atoms with Crippen LogP contribution in [0.4, 0.5) is 11.4 Å². The molecule has 1 amide bonds. The van der Waals surface area contributed by atoms with Crippen LogP contribution in [0.1, 0.15) is 15.9 Å². The van der Waals surface area contributed by atoms with Crippen molar-refractivity contribution in [2.24, 2.45) is 0 Å². The number of thiol groups is 1. The van der Waals surface area contributed by atoms with Gasteiger partial charge in [0.2, 0.25) is 10.0 Å². The van der Waals surface area contributed by atoms with Crippen LogP contribution in [0.3, 0.4) is 0 Å². The minimum absolute atomic E-state index is 0.202. The summed E-state index contributed by atoms with van der Waals surface area (Å²) in [7, 11) is -2.00. The van der Waals surface area contributed by atoms with Gasteiger partial charge in [-0.25, -0.2) is 8.42 Å². The summed E-state index contributed by atoms with van der Waals surface area (Å²) < 4.78 is 24.8. The van der Waals surface area contributed by atoms with E-state index in [9.17, 15) is 13.2 Å². The number of hydrogen-bond donors (Lipinski definition) is 1. The van der Waals surface area contributed by atoms with E-state index in [0.29, 0.717) is 17.8 Å². The molecule has 0 aromatic heterocycles. The number of anilines is 2. The van der Waals surface area contributed by atoms with E-state index in [1.165, 1.54) is 7.05 Å². The van der Waals surface area contributed by atoms with Crippen molar-refractivity contribution in [3.8, 4) is 0 Å². The summed E-state index contributed by atoms with van der Waals surface area (Å²) in [6.07, 6.45) is 1.88. The first kappa shape index (κ1) is 16.9. The molecule has 1 aliphatic heterocycles. The van der Waals surface area contributed by atoms with Crippen molar-refractivity contribution in [1.29, 1.82) is 0 Å². The summed E-state index contributed by atoms with van der Waals surface area (Å²) in [5, 5.41) is 0. The Labute approximate surface area is 147 Å². The summed E-state index contributed by atoms with van der Waals surface area (Å²) in [5.41, 5.74) is 2.68. The number of sulfonamides is 1. The summed E-state index contributed by atoms with van der Waals surface area (Å²) in [4.78, 5) is 15.6. The zero-order valence-electron chi connectivity index (χ0n) is 13.4. The second-order valence-electron chi connectivity index (χ2n) is 5.77. The van der Waals surface area contributed by atoms with E-state index in [2.05, 4.69) is 12.6 Å². The standard InChI is InChI=1S/C17H18N2O3S2/c1-18(24(2,21)22)16-6-4-3-5-14(16)17(20)19-10-9-12-11-13(23)7-8-15(12)19/h3-8,11,23H,9-10H2,1-2H3. The Morgan fingerprint density at radius 2 is 1.92 bits per heavy atom. The molecule has 0 N–H and O–H groups in total. The van der Waals surface area contributed by atoms with E-state index >= 15 is 0 Å². The average molecular weight is 362 g/mol. The van der Waals surface area contributed by atoms with E-state index in [-0.39, 0.29) is 5.91 Å². The van der Waals surface area contributed by atoms with Crippen LogP contribution in [0.5, 0.6) is 0 Å². The molecule has 0 spiro atoms. The molecule has 0 aliphatic carbocycles. The van der Waals surface area contributed by atoms with Gasteiger partial charge >= 0.3 is 0 Å². The molecular weight excluding hydrogens is 344 g/mol. The van der Waals surface area contributed by atoms with Crippen LogP contribution in [0, 0.1) is 0 Å². The molecule has 0 saturated heterocycles. The molecule has 5 nitrogen and oxygen atoms in total. The normalized spacial score (nSPS) is 13.7. The van der Waals surface area contributed by atoms with E-state index in [4.69, 9.17) is 0 Å². The number of benzene rings is 2. The molecule has 0 saturated carbocycles. The fourth-order valence-corrected chi connectivity index (χ4v) is 3.60. The lowest BCUT2D eigenvalue weighted by Gasteiger charge is -2.23. The largest absolute Gasteiger partial charge is 0.308 e. The average Bonchev–Trinajstić information content (AvgIpc) is 2.95. The molecule has 1 heterocycles. The molecule has 126 valence electrons. The van der Waals surface area contributed by atoms with Crippen molar-refractivity contribution in [3.05, 3.63) is 53.6 Å². The van der Waals surface area contributed by atoms with Gasteiger partial charge in [0.05, 0.1) is 17.5 Å². The Hall–Kier alpha value is -1.99. The van der Waals surface area contributed by atoms with E-state index in [1.807, 2.05) is 18.2 Å². The predicted octanol–water partition coefficient (Wildman–Crippen LogP) is 2.57. The van der Waals surface area contributed by atoms with Crippen LogP contribution < -0.4 is 9.21 Å². The predicted molar refractivity (Wildman–Crippen MR) is 98.8 cm³/mol. The third kappa shape index (κ3) is 3.01. The van der Waals surface area contributed by atoms with Crippen LogP contribution in [0.2, 0.25) is 0 Å². The summed E-state index contributed by atoms with van der Waals surface area (Å²) in [6, 6.07) is 12.4. The lowest BCUT2D eigenvalue weighted by molar-refractivity contribution is 0.0990. The maximum absolute atomic E-state index is 13.0. The Morgan fingerprint density at radius 3 is 2.62 bits per heavy atom. The molecule has 0 radical (unpaired) electrons. The van der Waals surface area contributed by atoms with Gasteiger partial charge in [-0.3, -0.25) is 9.10 Å². The third-order valence-corrected chi connectivity index (χ3v) is 5.64. The first-order valence-corrected chi connectivity index (χ1v) is 9.75. The molecule has 3 rings (SSSR count). The van der Waals surface area contributed by atoms with E-state index in [1.54, 1.807) is 29.2 Å². The first-order chi connectivity index (χ1) is 11.3. The van der Waals surface area contributed by atoms with Crippen molar-refractivity contribution in [1.82, 2.24) is 0 Å². The lowest BCUT2D eigenvalue weighted by Crippen LogP contribution is -2.32. The van der Waals surface area contributed by atoms with Crippen LogP contribution in [0.25, 0.3) is 0 Å². The second kappa shape index (κ2) is 6.14. The number of carbonyl (C=O) groups excluding carboxylic acids is 1. The van der Waals surface area contributed by atoms with Gasteiger partial charge in [-0.1, -0.05) is 12.1 Å². The fraction of sp³-hybridized carbons (Fsp3) is 0.235. The van der Waals surface area contributed by atoms with Crippen LogP contribution >= 0.6 is 12.6 Å². The molecule has 7 heteroatoms. The van der Waals surface area contributed by atoms with Crippen molar-refractivity contribution >= 4 is 39.9 Å². The molecule has 2 aromatic carbocycles. The fourth-order valence-electron chi connectivity index (χ4n) is 2.85. The van der Waals surface area contributed by atoms with Gasteiger partial charge in [-0.15, -0.1) is 12.6 Å². The number of para-hydroxylation sites is 1. The lowest BCUT2D eigenvalue weighted by atomic mass is 10.1. The van der Waals surface area contributed by atoms with E-state index in [0.717, 1.165) is 33.1 Å². The minimum atomic E-state index is -3.45. The summed E-state index contributed by atoms with van der Waals surface area (Å²) in [6.45, 7) is 0.572. The molecule has 0 bridgehead atoms. The van der Waals surface area contributed by atoms with Crippen molar-refractivity contribution in [2.75, 3.05) is 29.1 Å². The highest BCUT2D eigenvalue weighted by Gasteiger charge is 2.28. The van der Waals surface area contributed by atoms with Crippen LogP contribution in [-0.4, -0.2) is 34.2 Å². The van der Waals surface area contributed by atoms with Crippen molar-refractivity contribution < 1.29 is 13.2 Å². The number of fused-ring (bicyclic) bond motifs is 1. The smallest absolute Gasteiger partial charge is 0.260 e. The highest BCUT2D eigenvalue weighted by molar-refractivity contribution is 7.92. The van der Waals surface area contributed by atoms with Gasteiger partial charge < -0.3 is 4.90 Å². The SMILES string of the molecule is CN(c1ccccc1C(=O)N1CCc2cc(S)ccc21)S(C)(=O)=O. The van der Waals surface area contributed by atoms with Gasteiger partial charge in [0.15, 0.2) is 0 Å². The second-order valence-corrected chi connectivity index (χ2v) is 8.30.